The summed E-state index contributed by atoms with van der Waals surface area (Å²) < 4.78 is 1.40. The van der Waals surface area contributed by atoms with Gasteiger partial charge in [-0.15, -0.1) is 11.3 Å². The van der Waals surface area contributed by atoms with Gasteiger partial charge in [-0.3, -0.25) is 0 Å². The van der Waals surface area contributed by atoms with Crippen LogP contribution in [0.3, 0.4) is 0 Å². The molecule has 0 saturated heterocycles. The summed E-state index contributed by atoms with van der Waals surface area (Å²) in [7, 11) is 2.00. The standard InChI is InChI=1S/C12H15NS/c1-9-3-4-12-11(7-9)10(8-14-12)5-6-13-2/h3-4,7-8,13H,5-6H2,1-2H3. The predicted molar refractivity (Wildman–Crippen MR) is 64.2 cm³/mol. The molecule has 0 fully saturated rings. The number of hydrogen-bond donors (Lipinski definition) is 1. The Morgan fingerprint density at radius 2 is 2.21 bits per heavy atom. The highest BCUT2D eigenvalue weighted by Gasteiger charge is 2.02. The second kappa shape index (κ2) is 4.11. The molecule has 0 aliphatic heterocycles. The number of rotatable bonds is 3. The number of benzene rings is 1. The monoisotopic (exact) mass is 205 g/mol. The topological polar surface area (TPSA) is 12.0 Å². The van der Waals surface area contributed by atoms with Gasteiger partial charge in [0.05, 0.1) is 0 Å². The smallest absolute Gasteiger partial charge is 0.0345 e. The summed E-state index contributed by atoms with van der Waals surface area (Å²) in [6.45, 7) is 3.21. The zero-order valence-corrected chi connectivity index (χ0v) is 9.45. The van der Waals surface area contributed by atoms with Crippen molar-refractivity contribution >= 4 is 21.4 Å². The third-order valence-corrected chi connectivity index (χ3v) is 3.47. The third-order valence-electron chi connectivity index (χ3n) is 2.45. The van der Waals surface area contributed by atoms with Crippen LogP contribution in [0.1, 0.15) is 11.1 Å². The van der Waals surface area contributed by atoms with Crippen LogP contribution in [0.2, 0.25) is 0 Å². The largest absolute Gasteiger partial charge is 0.319 e. The van der Waals surface area contributed by atoms with Crippen molar-refractivity contribution in [3.63, 3.8) is 0 Å². The minimum Gasteiger partial charge on any atom is -0.319 e. The van der Waals surface area contributed by atoms with Gasteiger partial charge in [0.1, 0.15) is 0 Å². The van der Waals surface area contributed by atoms with Crippen LogP contribution >= 0.6 is 11.3 Å². The van der Waals surface area contributed by atoms with Crippen molar-refractivity contribution in [1.29, 1.82) is 0 Å². The number of thiophene rings is 1. The van der Waals surface area contributed by atoms with Gasteiger partial charge in [-0.25, -0.2) is 0 Å². The average Bonchev–Trinajstić information content (AvgIpc) is 2.57. The van der Waals surface area contributed by atoms with Crippen molar-refractivity contribution in [3.05, 3.63) is 34.7 Å². The Bertz CT molecular complexity index is 431. The molecule has 0 saturated carbocycles. The molecule has 0 unspecified atom stereocenters. The van der Waals surface area contributed by atoms with Crippen LogP contribution in [0.15, 0.2) is 23.6 Å². The summed E-state index contributed by atoms with van der Waals surface area (Å²) in [4.78, 5) is 0. The summed E-state index contributed by atoms with van der Waals surface area (Å²) >= 11 is 1.85. The fourth-order valence-electron chi connectivity index (χ4n) is 1.65. The van der Waals surface area contributed by atoms with E-state index in [0.717, 1.165) is 13.0 Å². The van der Waals surface area contributed by atoms with E-state index in [-0.39, 0.29) is 0 Å². The predicted octanol–water partition coefficient (Wildman–Crippen LogP) is 2.97. The molecular weight excluding hydrogens is 190 g/mol. The highest BCUT2D eigenvalue weighted by molar-refractivity contribution is 7.17. The van der Waals surface area contributed by atoms with Gasteiger partial charge in [-0.2, -0.15) is 0 Å². The molecule has 1 heterocycles. The third kappa shape index (κ3) is 1.81. The summed E-state index contributed by atoms with van der Waals surface area (Å²) in [5, 5.41) is 6.90. The first-order chi connectivity index (χ1) is 6.81. The molecule has 74 valence electrons. The normalized spacial score (nSPS) is 11.0. The maximum atomic E-state index is 3.19. The number of hydrogen-bond acceptors (Lipinski definition) is 2. The molecular formula is C12H15NS. The summed E-state index contributed by atoms with van der Waals surface area (Å²) in [5.41, 5.74) is 2.82. The summed E-state index contributed by atoms with van der Waals surface area (Å²) in [6.07, 6.45) is 1.12. The van der Waals surface area contributed by atoms with Gasteiger partial charge >= 0.3 is 0 Å². The Labute approximate surface area is 88.8 Å². The molecule has 0 radical (unpaired) electrons. The highest BCUT2D eigenvalue weighted by atomic mass is 32.1. The lowest BCUT2D eigenvalue weighted by atomic mass is 10.1. The molecule has 1 aromatic carbocycles. The van der Waals surface area contributed by atoms with E-state index in [1.54, 1.807) is 0 Å². The minimum atomic E-state index is 1.06. The van der Waals surface area contributed by atoms with E-state index in [2.05, 4.69) is 35.8 Å². The van der Waals surface area contributed by atoms with E-state index in [9.17, 15) is 0 Å². The van der Waals surface area contributed by atoms with Crippen molar-refractivity contribution in [2.45, 2.75) is 13.3 Å². The van der Waals surface area contributed by atoms with Crippen molar-refractivity contribution in [1.82, 2.24) is 5.32 Å². The molecule has 0 spiro atoms. The van der Waals surface area contributed by atoms with Crippen LogP contribution in [0.4, 0.5) is 0 Å². The number of fused-ring (bicyclic) bond motifs is 1. The van der Waals surface area contributed by atoms with E-state index in [0.29, 0.717) is 0 Å². The van der Waals surface area contributed by atoms with Crippen molar-refractivity contribution in [2.75, 3.05) is 13.6 Å². The van der Waals surface area contributed by atoms with Crippen LogP contribution in [0.5, 0.6) is 0 Å². The van der Waals surface area contributed by atoms with Gasteiger partial charge in [0, 0.05) is 4.70 Å². The molecule has 2 rings (SSSR count). The van der Waals surface area contributed by atoms with Crippen molar-refractivity contribution in [2.24, 2.45) is 0 Å². The van der Waals surface area contributed by atoms with Crippen LogP contribution in [-0.2, 0) is 6.42 Å². The van der Waals surface area contributed by atoms with Crippen molar-refractivity contribution < 1.29 is 0 Å². The summed E-state index contributed by atoms with van der Waals surface area (Å²) in [6, 6.07) is 6.69. The lowest BCUT2D eigenvalue weighted by Gasteiger charge is -1.99. The molecule has 1 N–H and O–H groups in total. The van der Waals surface area contributed by atoms with Gasteiger partial charge in [-0.1, -0.05) is 17.7 Å². The van der Waals surface area contributed by atoms with Crippen LogP contribution in [0.25, 0.3) is 10.1 Å². The molecule has 0 bridgehead atoms. The van der Waals surface area contributed by atoms with E-state index in [1.165, 1.54) is 21.2 Å². The van der Waals surface area contributed by atoms with E-state index in [1.807, 2.05) is 18.4 Å². The second-order valence-corrected chi connectivity index (χ2v) is 4.53. The first-order valence-corrected chi connectivity index (χ1v) is 5.80. The van der Waals surface area contributed by atoms with Gasteiger partial charge in [0.2, 0.25) is 0 Å². The van der Waals surface area contributed by atoms with Crippen LogP contribution < -0.4 is 5.32 Å². The minimum absolute atomic E-state index is 1.06. The highest BCUT2D eigenvalue weighted by Crippen LogP contribution is 2.26. The molecule has 14 heavy (non-hydrogen) atoms. The summed E-state index contributed by atoms with van der Waals surface area (Å²) in [5.74, 6) is 0. The molecule has 1 aromatic heterocycles. The Morgan fingerprint density at radius 3 is 3.00 bits per heavy atom. The molecule has 0 aliphatic rings. The first-order valence-electron chi connectivity index (χ1n) is 4.92. The number of likely N-dealkylation sites (N-methyl/N-ethyl adjacent to an activating group) is 1. The maximum Gasteiger partial charge on any atom is 0.0345 e. The lowest BCUT2D eigenvalue weighted by Crippen LogP contribution is -2.09. The Kier molecular flexibility index (Phi) is 2.85. The van der Waals surface area contributed by atoms with Crippen LogP contribution in [0, 0.1) is 6.92 Å². The molecule has 0 amide bonds. The first kappa shape index (κ1) is 9.69. The Balaban J connectivity index is 2.40. The molecule has 0 atom stereocenters. The number of nitrogens with one attached hydrogen (secondary N) is 1. The number of aryl methyl sites for hydroxylation is 1. The SMILES string of the molecule is CNCCc1csc2ccc(C)cc12. The molecule has 1 nitrogen and oxygen atoms in total. The Morgan fingerprint density at radius 1 is 1.36 bits per heavy atom. The van der Waals surface area contributed by atoms with Gasteiger partial charge < -0.3 is 5.32 Å². The van der Waals surface area contributed by atoms with Gasteiger partial charge in [0.15, 0.2) is 0 Å². The maximum absolute atomic E-state index is 3.19. The van der Waals surface area contributed by atoms with Crippen LogP contribution in [-0.4, -0.2) is 13.6 Å². The fraction of sp³-hybridized carbons (Fsp3) is 0.333. The van der Waals surface area contributed by atoms with E-state index >= 15 is 0 Å². The molecule has 2 aromatic rings. The zero-order chi connectivity index (χ0) is 9.97. The van der Waals surface area contributed by atoms with Gasteiger partial charge in [0.25, 0.3) is 0 Å². The lowest BCUT2D eigenvalue weighted by molar-refractivity contribution is 0.796. The molecule has 2 heteroatoms. The second-order valence-electron chi connectivity index (χ2n) is 3.61. The van der Waals surface area contributed by atoms with Gasteiger partial charge in [-0.05, 0) is 49.3 Å². The van der Waals surface area contributed by atoms with E-state index < -0.39 is 0 Å². The Hall–Kier alpha value is -0.860. The molecule has 0 aliphatic carbocycles. The zero-order valence-electron chi connectivity index (χ0n) is 8.63. The quantitative estimate of drug-likeness (QED) is 0.812. The average molecular weight is 205 g/mol. The van der Waals surface area contributed by atoms with E-state index in [4.69, 9.17) is 0 Å². The fourth-order valence-corrected chi connectivity index (χ4v) is 2.63. The van der Waals surface area contributed by atoms with Crippen molar-refractivity contribution in [3.8, 4) is 0 Å².